The van der Waals surface area contributed by atoms with Crippen molar-refractivity contribution in [3.8, 4) is 0 Å². The van der Waals surface area contributed by atoms with E-state index in [0.29, 0.717) is 0 Å². The van der Waals surface area contributed by atoms with Gasteiger partial charge in [-0.3, -0.25) is 4.98 Å². The highest BCUT2D eigenvalue weighted by atomic mass is 32.1. The van der Waals surface area contributed by atoms with Gasteiger partial charge in [-0.2, -0.15) is 0 Å². The highest BCUT2D eigenvalue weighted by Crippen LogP contribution is 2.31. The third-order valence-electron chi connectivity index (χ3n) is 3.71. The minimum atomic E-state index is 0.748. The maximum Gasteiger partial charge on any atom is 0.150 e. The van der Waals surface area contributed by atoms with Crippen molar-refractivity contribution < 1.29 is 0 Å². The molecule has 0 aliphatic rings. The Morgan fingerprint density at radius 3 is 2.70 bits per heavy atom. The fourth-order valence-electron chi connectivity index (χ4n) is 2.45. The van der Waals surface area contributed by atoms with Crippen molar-refractivity contribution in [2.75, 3.05) is 32.1 Å². The number of aryl methyl sites for hydroxylation is 1. The third kappa shape index (κ3) is 3.65. The molecule has 0 fully saturated rings. The first-order chi connectivity index (χ1) is 11.1. The molecular weight excluding hydrogens is 306 g/mol. The molecule has 120 valence electrons. The van der Waals surface area contributed by atoms with Gasteiger partial charge >= 0.3 is 0 Å². The standard InChI is InChI=1S/C17H21N5S/c1-13-11-23-16-15(13)19-12-20-17(16)22(9-8-21(2)3)10-14-6-4-5-7-18-14/h4-7,11-12H,8-10H2,1-3H3. The molecule has 0 amide bonds. The van der Waals surface area contributed by atoms with Gasteiger partial charge in [0, 0.05) is 19.3 Å². The second kappa shape index (κ2) is 7.02. The zero-order chi connectivity index (χ0) is 16.2. The Bertz CT molecular complexity index is 769. The van der Waals surface area contributed by atoms with Crippen LogP contribution in [0.2, 0.25) is 0 Å². The smallest absolute Gasteiger partial charge is 0.150 e. The molecule has 0 bridgehead atoms. The van der Waals surface area contributed by atoms with Gasteiger partial charge in [0.25, 0.3) is 0 Å². The average molecular weight is 327 g/mol. The van der Waals surface area contributed by atoms with E-state index in [1.165, 1.54) is 5.56 Å². The van der Waals surface area contributed by atoms with Gasteiger partial charge in [-0.1, -0.05) is 6.07 Å². The maximum absolute atomic E-state index is 4.57. The van der Waals surface area contributed by atoms with Crippen molar-refractivity contribution in [2.45, 2.75) is 13.5 Å². The molecule has 23 heavy (non-hydrogen) atoms. The van der Waals surface area contributed by atoms with Gasteiger partial charge in [-0.25, -0.2) is 9.97 Å². The van der Waals surface area contributed by atoms with Crippen LogP contribution in [0.5, 0.6) is 0 Å². The number of pyridine rings is 1. The average Bonchev–Trinajstić information content (AvgIpc) is 2.94. The van der Waals surface area contributed by atoms with Crippen molar-refractivity contribution in [3.05, 3.63) is 47.4 Å². The van der Waals surface area contributed by atoms with E-state index in [-0.39, 0.29) is 0 Å². The monoisotopic (exact) mass is 327 g/mol. The molecule has 5 nitrogen and oxygen atoms in total. The van der Waals surface area contributed by atoms with Crippen molar-refractivity contribution in [1.29, 1.82) is 0 Å². The van der Waals surface area contributed by atoms with Crippen LogP contribution < -0.4 is 4.90 Å². The zero-order valence-corrected chi connectivity index (χ0v) is 14.5. The first kappa shape index (κ1) is 15.8. The van der Waals surface area contributed by atoms with E-state index in [1.54, 1.807) is 17.7 Å². The molecule has 3 rings (SSSR count). The predicted molar refractivity (Wildman–Crippen MR) is 96.0 cm³/mol. The number of anilines is 1. The molecule has 0 saturated heterocycles. The molecule has 0 spiro atoms. The van der Waals surface area contributed by atoms with Crippen molar-refractivity contribution >= 4 is 27.4 Å². The fraction of sp³-hybridized carbons (Fsp3) is 0.353. The normalized spacial score (nSPS) is 11.3. The fourth-order valence-corrected chi connectivity index (χ4v) is 3.47. The van der Waals surface area contributed by atoms with E-state index < -0.39 is 0 Å². The Kier molecular flexibility index (Phi) is 4.83. The van der Waals surface area contributed by atoms with Gasteiger partial charge in [0.2, 0.25) is 0 Å². The van der Waals surface area contributed by atoms with E-state index >= 15 is 0 Å². The van der Waals surface area contributed by atoms with Crippen molar-refractivity contribution in [1.82, 2.24) is 19.9 Å². The summed E-state index contributed by atoms with van der Waals surface area (Å²) in [5.74, 6) is 1.00. The van der Waals surface area contributed by atoms with Gasteiger partial charge in [-0.15, -0.1) is 11.3 Å². The second-order valence-electron chi connectivity index (χ2n) is 5.84. The molecule has 6 heteroatoms. The zero-order valence-electron chi connectivity index (χ0n) is 13.7. The molecule has 3 aromatic rings. The predicted octanol–water partition coefficient (Wildman–Crippen LogP) is 2.96. The molecule has 3 heterocycles. The van der Waals surface area contributed by atoms with Crippen LogP contribution in [0.25, 0.3) is 10.2 Å². The topological polar surface area (TPSA) is 45.2 Å². The number of fused-ring (bicyclic) bond motifs is 1. The van der Waals surface area contributed by atoms with Crippen LogP contribution in [-0.4, -0.2) is 47.0 Å². The van der Waals surface area contributed by atoms with Crippen LogP contribution in [0.15, 0.2) is 36.1 Å². The van der Waals surface area contributed by atoms with Crippen LogP contribution >= 0.6 is 11.3 Å². The van der Waals surface area contributed by atoms with E-state index in [4.69, 9.17) is 0 Å². The SMILES string of the molecule is Cc1csc2c(N(CCN(C)C)Cc3ccccn3)ncnc12. The third-order valence-corrected chi connectivity index (χ3v) is 4.79. The van der Waals surface area contributed by atoms with Crippen LogP contribution in [0, 0.1) is 6.92 Å². The van der Waals surface area contributed by atoms with Crippen LogP contribution in [0.4, 0.5) is 5.82 Å². The Balaban J connectivity index is 1.95. The highest BCUT2D eigenvalue weighted by Gasteiger charge is 2.16. The molecule has 0 atom stereocenters. The molecule has 0 unspecified atom stereocenters. The number of rotatable bonds is 6. The summed E-state index contributed by atoms with van der Waals surface area (Å²) < 4.78 is 1.15. The number of aromatic nitrogens is 3. The first-order valence-electron chi connectivity index (χ1n) is 7.63. The lowest BCUT2D eigenvalue weighted by Crippen LogP contribution is -2.32. The summed E-state index contributed by atoms with van der Waals surface area (Å²) in [6, 6.07) is 6.03. The molecule has 0 aliphatic heterocycles. The summed E-state index contributed by atoms with van der Waals surface area (Å²) in [4.78, 5) is 17.9. The van der Waals surface area contributed by atoms with Crippen LogP contribution in [0.1, 0.15) is 11.3 Å². The van der Waals surface area contributed by atoms with Gasteiger partial charge in [0.15, 0.2) is 0 Å². The van der Waals surface area contributed by atoms with E-state index in [1.807, 2.05) is 18.3 Å². The summed E-state index contributed by atoms with van der Waals surface area (Å²) in [5, 5.41) is 2.15. The quantitative estimate of drug-likeness (QED) is 0.696. The van der Waals surface area contributed by atoms with Gasteiger partial charge in [0.1, 0.15) is 12.1 Å². The van der Waals surface area contributed by atoms with E-state index in [0.717, 1.165) is 41.4 Å². The Morgan fingerprint density at radius 1 is 1.09 bits per heavy atom. The summed E-state index contributed by atoms with van der Waals surface area (Å²) in [7, 11) is 4.17. The lowest BCUT2D eigenvalue weighted by atomic mass is 10.3. The molecule has 0 N–H and O–H groups in total. The van der Waals surface area contributed by atoms with Crippen molar-refractivity contribution in [3.63, 3.8) is 0 Å². The number of hydrogen-bond acceptors (Lipinski definition) is 6. The minimum absolute atomic E-state index is 0.748. The first-order valence-corrected chi connectivity index (χ1v) is 8.51. The second-order valence-corrected chi connectivity index (χ2v) is 6.72. The molecule has 0 saturated carbocycles. The number of hydrogen-bond donors (Lipinski definition) is 0. The molecular formula is C17H21N5S. The Morgan fingerprint density at radius 2 is 1.96 bits per heavy atom. The lowest BCUT2D eigenvalue weighted by Gasteiger charge is -2.25. The lowest BCUT2D eigenvalue weighted by molar-refractivity contribution is 0.412. The summed E-state index contributed by atoms with van der Waals surface area (Å²) in [6.07, 6.45) is 3.50. The van der Waals surface area contributed by atoms with Crippen LogP contribution in [-0.2, 0) is 6.54 Å². The highest BCUT2D eigenvalue weighted by molar-refractivity contribution is 7.18. The van der Waals surface area contributed by atoms with Gasteiger partial charge in [-0.05, 0) is 44.1 Å². The van der Waals surface area contributed by atoms with Gasteiger partial charge < -0.3 is 9.80 Å². The Labute approximate surface area is 140 Å². The number of nitrogens with zero attached hydrogens (tertiary/aromatic N) is 5. The molecule has 0 aromatic carbocycles. The number of thiophene rings is 1. The largest absolute Gasteiger partial charge is 0.348 e. The summed E-state index contributed by atoms with van der Waals surface area (Å²) in [5.41, 5.74) is 3.31. The molecule has 0 radical (unpaired) electrons. The maximum atomic E-state index is 4.57. The van der Waals surface area contributed by atoms with Crippen molar-refractivity contribution in [2.24, 2.45) is 0 Å². The summed E-state index contributed by atoms with van der Waals surface area (Å²) in [6.45, 7) is 4.70. The number of likely N-dealkylation sites (N-methyl/N-ethyl adjacent to an activating group) is 1. The summed E-state index contributed by atoms with van der Waals surface area (Å²) >= 11 is 1.71. The van der Waals surface area contributed by atoms with E-state index in [2.05, 4.69) is 57.2 Å². The van der Waals surface area contributed by atoms with Gasteiger partial charge in [0.05, 0.1) is 22.5 Å². The van der Waals surface area contributed by atoms with Crippen LogP contribution in [0.3, 0.4) is 0 Å². The molecule has 0 aliphatic carbocycles. The minimum Gasteiger partial charge on any atom is -0.348 e. The van der Waals surface area contributed by atoms with E-state index in [9.17, 15) is 0 Å². The Hall–Kier alpha value is -2.05. The molecule has 3 aromatic heterocycles.